The zero-order chi connectivity index (χ0) is 15.7. The molecular weight excluding hydrogens is 256 g/mol. The summed E-state index contributed by atoms with van der Waals surface area (Å²) in [7, 11) is 0. The normalized spacial score (nSPS) is 29.2. The summed E-state index contributed by atoms with van der Waals surface area (Å²) in [5.74, 6) is 0.573. The second kappa shape index (κ2) is 9.78. The van der Waals surface area contributed by atoms with Gasteiger partial charge in [0.05, 0.1) is 6.61 Å². The van der Waals surface area contributed by atoms with Crippen LogP contribution in [-0.2, 0) is 0 Å². The highest BCUT2D eigenvalue weighted by Gasteiger charge is 2.05. The highest BCUT2D eigenvalue weighted by Crippen LogP contribution is 2.21. The van der Waals surface area contributed by atoms with Crippen LogP contribution in [0.5, 0.6) is 0 Å². The molecule has 1 aliphatic rings. The van der Waals surface area contributed by atoms with Gasteiger partial charge in [-0.2, -0.15) is 0 Å². The molecule has 0 amide bonds. The standard InChI is InChI=1S/C20H32O/c1-16(2)20-13-11-18(4)8-5-7-17(3)9-6-10-19(15-21)12-14-20/h7,10-11,13,16,21H,5-6,8-9,12,14-15H2,1-4H3/b17-7+,18-11+,19-10+,20-13+. The largest absolute Gasteiger partial charge is 0.392 e. The van der Waals surface area contributed by atoms with E-state index in [0.29, 0.717) is 5.92 Å². The number of rotatable bonds is 2. The number of hydrogen-bond donors (Lipinski definition) is 1. The van der Waals surface area contributed by atoms with Crippen molar-refractivity contribution in [1.82, 2.24) is 0 Å². The molecule has 1 nitrogen and oxygen atoms in total. The van der Waals surface area contributed by atoms with Gasteiger partial charge in [0, 0.05) is 0 Å². The fraction of sp³-hybridized carbons (Fsp3) is 0.600. The smallest absolute Gasteiger partial charge is 0.0641 e. The molecule has 0 unspecified atom stereocenters. The second-order valence-electron chi connectivity index (χ2n) is 6.56. The predicted molar refractivity (Wildman–Crippen MR) is 93.3 cm³/mol. The fourth-order valence-electron chi connectivity index (χ4n) is 2.60. The Hall–Kier alpha value is -1.08. The Balaban J connectivity index is 2.92. The van der Waals surface area contributed by atoms with E-state index < -0.39 is 0 Å². The third-order valence-corrected chi connectivity index (χ3v) is 4.26. The highest BCUT2D eigenvalue weighted by atomic mass is 16.3. The van der Waals surface area contributed by atoms with Gasteiger partial charge in [-0.3, -0.25) is 0 Å². The molecule has 1 aliphatic carbocycles. The maximum absolute atomic E-state index is 9.51. The highest BCUT2D eigenvalue weighted by molar-refractivity contribution is 5.20. The molecule has 0 heterocycles. The van der Waals surface area contributed by atoms with Gasteiger partial charge in [0.1, 0.15) is 0 Å². The lowest BCUT2D eigenvalue weighted by atomic mass is 9.94. The van der Waals surface area contributed by atoms with E-state index in [2.05, 4.69) is 52.0 Å². The Bertz CT molecular complexity index is 433. The summed E-state index contributed by atoms with van der Waals surface area (Å²) in [4.78, 5) is 0. The molecule has 118 valence electrons. The monoisotopic (exact) mass is 288 g/mol. The molecule has 0 spiro atoms. The number of hydrogen-bond acceptors (Lipinski definition) is 1. The van der Waals surface area contributed by atoms with Crippen molar-refractivity contribution >= 4 is 0 Å². The minimum absolute atomic E-state index is 0.197. The van der Waals surface area contributed by atoms with Crippen molar-refractivity contribution in [3.8, 4) is 0 Å². The van der Waals surface area contributed by atoms with Gasteiger partial charge in [-0.15, -0.1) is 0 Å². The van der Waals surface area contributed by atoms with Crippen LogP contribution in [0, 0.1) is 5.92 Å². The van der Waals surface area contributed by atoms with Gasteiger partial charge in [-0.1, -0.05) is 54.9 Å². The lowest BCUT2D eigenvalue weighted by Crippen LogP contribution is -1.98. The maximum Gasteiger partial charge on any atom is 0.0641 e. The van der Waals surface area contributed by atoms with Gasteiger partial charge in [0.15, 0.2) is 0 Å². The van der Waals surface area contributed by atoms with Gasteiger partial charge in [0.2, 0.25) is 0 Å². The van der Waals surface area contributed by atoms with Gasteiger partial charge >= 0.3 is 0 Å². The van der Waals surface area contributed by atoms with E-state index in [1.165, 1.54) is 22.3 Å². The van der Waals surface area contributed by atoms with E-state index in [-0.39, 0.29) is 6.61 Å². The van der Waals surface area contributed by atoms with E-state index in [0.717, 1.165) is 38.5 Å². The first-order valence-corrected chi connectivity index (χ1v) is 8.33. The first-order chi connectivity index (χ1) is 10.0. The van der Waals surface area contributed by atoms with E-state index in [1.807, 2.05) is 0 Å². The van der Waals surface area contributed by atoms with Crippen LogP contribution >= 0.6 is 0 Å². The summed E-state index contributed by atoms with van der Waals surface area (Å²) < 4.78 is 0. The Morgan fingerprint density at radius 2 is 1.57 bits per heavy atom. The average molecular weight is 288 g/mol. The number of allylic oxidation sites excluding steroid dienone is 7. The van der Waals surface area contributed by atoms with Crippen molar-refractivity contribution < 1.29 is 5.11 Å². The average Bonchev–Trinajstić information content (AvgIpc) is 2.44. The summed E-state index contributed by atoms with van der Waals surface area (Å²) >= 11 is 0. The van der Waals surface area contributed by atoms with Gasteiger partial charge < -0.3 is 5.11 Å². The molecule has 0 aromatic heterocycles. The molecule has 1 N–H and O–H groups in total. The van der Waals surface area contributed by atoms with Crippen molar-refractivity contribution in [3.05, 3.63) is 46.6 Å². The lowest BCUT2D eigenvalue weighted by Gasteiger charge is -2.13. The van der Waals surface area contributed by atoms with Crippen molar-refractivity contribution in [2.45, 2.75) is 66.2 Å². The fourth-order valence-corrected chi connectivity index (χ4v) is 2.60. The number of aliphatic hydroxyl groups is 1. The third-order valence-electron chi connectivity index (χ3n) is 4.26. The predicted octanol–water partition coefficient (Wildman–Crippen LogP) is 5.73. The summed E-state index contributed by atoms with van der Waals surface area (Å²) in [5.41, 5.74) is 5.59. The van der Waals surface area contributed by atoms with E-state index in [9.17, 15) is 5.11 Å². The Labute approximate surface area is 131 Å². The Kier molecular flexibility index (Phi) is 8.37. The van der Waals surface area contributed by atoms with Crippen LogP contribution in [0.25, 0.3) is 0 Å². The molecule has 0 bridgehead atoms. The minimum atomic E-state index is 0.197. The molecule has 0 saturated carbocycles. The first-order valence-electron chi connectivity index (χ1n) is 8.33. The zero-order valence-electron chi connectivity index (χ0n) is 14.3. The summed E-state index contributed by atoms with van der Waals surface area (Å²) in [6.07, 6.45) is 15.7. The summed E-state index contributed by atoms with van der Waals surface area (Å²) in [6, 6.07) is 0. The molecule has 1 heteroatoms. The van der Waals surface area contributed by atoms with Gasteiger partial charge in [-0.25, -0.2) is 0 Å². The van der Waals surface area contributed by atoms with Crippen LogP contribution in [0.1, 0.15) is 66.2 Å². The van der Waals surface area contributed by atoms with Crippen LogP contribution in [0.4, 0.5) is 0 Å². The molecule has 21 heavy (non-hydrogen) atoms. The Morgan fingerprint density at radius 3 is 2.24 bits per heavy atom. The maximum atomic E-state index is 9.51. The first kappa shape index (κ1) is 18.0. The van der Waals surface area contributed by atoms with Crippen molar-refractivity contribution in [3.63, 3.8) is 0 Å². The quantitative estimate of drug-likeness (QED) is 0.643. The lowest BCUT2D eigenvalue weighted by molar-refractivity contribution is 0.325. The van der Waals surface area contributed by atoms with Gasteiger partial charge in [0.25, 0.3) is 0 Å². The molecule has 0 atom stereocenters. The van der Waals surface area contributed by atoms with Crippen LogP contribution in [-0.4, -0.2) is 11.7 Å². The topological polar surface area (TPSA) is 20.2 Å². The molecular formula is C20H32O. The summed E-state index contributed by atoms with van der Waals surface area (Å²) in [5, 5.41) is 9.51. The SMILES string of the molecule is C/C1=C\C=C(\C(C)C)CC/C(CO)=C\CC/C(C)=C/CC1. The van der Waals surface area contributed by atoms with E-state index in [1.54, 1.807) is 0 Å². The van der Waals surface area contributed by atoms with Crippen LogP contribution in [0.3, 0.4) is 0 Å². The van der Waals surface area contributed by atoms with Crippen molar-refractivity contribution in [1.29, 1.82) is 0 Å². The van der Waals surface area contributed by atoms with Crippen LogP contribution < -0.4 is 0 Å². The minimum Gasteiger partial charge on any atom is -0.392 e. The van der Waals surface area contributed by atoms with E-state index in [4.69, 9.17) is 0 Å². The summed E-state index contributed by atoms with van der Waals surface area (Å²) in [6.45, 7) is 9.15. The Morgan fingerprint density at radius 1 is 0.905 bits per heavy atom. The van der Waals surface area contributed by atoms with E-state index >= 15 is 0 Å². The third kappa shape index (κ3) is 7.47. The van der Waals surface area contributed by atoms with Crippen molar-refractivity contribution in [2.75, 3.05) is 6.61 Å². The molecule has 1 rings (SSSR count). The molecule has 0 aromatic rings. The zero-order valence-corrected chi connectivity index (χ0v) is 14.3. The molecule has 0 aliphatic heterocycles. The van der Waals surface area contributed by atoms with Crippen molar-refractivity contribution in [2.24, 2.45) is 5.92 Å². The molecule has 0 radical (unpaired) electrons. The molecule has 0 aromatic carbocycles. The second-order valence-corrected chi connectivity index (χ2v) is 6.56. The molecule has 0 fully saturated rings. The van der Waals surface area contributed by atoms with Gasteiger partial charge in [-0.05, 0) is 63.9 Å². The van der Waals surface area contributed by atoms with Crippen LogP contribution in [0.2, 0.25) is 0 Å². The number of aliphatic hydroxyl groups excluding tert-OH is 1. The molecule has 0 saturated heterocycles. The van der Waals surface area contributed by atoms with Crippen LogP contribution in [0.15, 0.2) is 46.6 Å².